The van der Waals surface area contributed by atoms with E-state index >= 15 is 0 Å². The van der Waals surface area contributed by atoms with Crippen LogP contribution in [0.4, 0.5) is 0 Å². The molecule has 0 N–H and O–H groups in total. The van der Waals surface area contributed by atoms with Crippen molar-refractivity contribution >= 4 is 17.7 Å². The molecule has 2 rings (SSSR count). The van der Waals surface area contributed by atoms with Crippen LogP contribution in [0.1, 0.15) is 18.4 Å². The molecule has 0 saturated carbocycles. The van der Waals surface area contributed by atoms with Crippen LogP contribution in [-0.4, -0.2) is 35.7 Å². The van der Waals surface area contributed by atoms with Gasteiger partial charge < -0.3 is 19.1 Å². The van der Waals surface area contributed by atoms with Gasteiger partial charge in [0.1, 0.15) is 5.76 Å². The molecule has 0 spiro atoms. The number of carbonyl (C=O) groups is 1. The van der Waals surface area contributed by atoms with Gasteiger partial charge in [-0.2, -0.15) is 11.8 Å². The smallest absolute Gasteiger partial charge is 0.549 e. The zero-order chi connectivity index (χ0) is 18.1. The molecule has 0 aliphatic carbocycles. The molecule has 0 radical (unpaired) electrons. The molecular formula is C19H22NNaO4S. The largest absolute Gasteiger partial charge is 1.00 e. The van der Waals surface area contributed by atoms with Gasteiger partial charge in [0.15, 0.2) is 0 Å². The molecule has 26 heavy (non-hydrogen) atoms. The first-order chi connectivity index (χ1) is 12.1. The van der Waals surface area contributed by atoms with Gasteiger partial charge in [-0.3, -0.25) is 0 Å². The molecule has 0 aliphatic rings. The third kappa shape index (κ3) is 8.10. The van der Waals surface area contributed by atoms with Crippen LogP contribution in [0, 0.1) is 6.92 Å². The Kier molecular flexibility index (Phi) is 10.9. The molecule has 0 amide bonds. The molecule has 1 aromatic heterocycles. The van der Waals surface area contributed by atoms with Gasteiger partial charge in [0, 0.05) is 23.5 Å². The minimum absolute atomic E-state index is 0. The number of oxazole rings is 1. The summed E-state index contributed by atoms with van der Waals surface area (Å²) in [5.41, 5.74) is 2.95. The number of aromatic nitrogens is 1. The van der Waals surface area contributed by atoms with Crippen LogP contribution < -0.4 is 34.7 Å². The molecule has 5 nitrogen and oxygen atoms in total. The Bertz CT molecular complexity index is 716. The van der Waals surface area contributed by atoms with Gasteiger partial charge in [0.25, 0.3) is 0 Å². The Morgan fingerprint density at radius 1 is 1.35 bits per heavy atom. The van der Waals surface area contributed by atoms with Crippen LogP contribution in [0.15, 0.2) is 46.4 Å². The van der Waals surface area contributed by atoms with Crippen LogP contribution in [-0.2, 0) is 16.0 Å². The van der Waals surface area contributed by atoms with Crippen molar-refractivity contribution < 1.29 is 48.6 Å². The predicted octanol–water partition coefficient (Wildman–Crippen LogP) is -0.357. The number of ether oxygens (including phenoxy) is 1. The Labute approximate surface area is 180 Å². The number of aryl methyl sites for hydroxylation is 1. The van der Waals surface area contributed by atoms with E-state index in [9.17, 15) is 9.90 Å². The maximum atomic E-state index is 10.3. The van der Waals surface area contributed by atoms with Crippen molar-refractivity contribution in [1.82, 2.24) is 4.98 Å². The van der Waals surface area contributed by atoms with Gasteiger partial charge in [-0.1, -0.05) is 29.8 Å². The van der Waals surface area contributed by atoms with E-state index in [4.69, 9.17) is 9.15 Å². The number of carbonyl (C=O) groups excluding carboxylic acids is 1. The van der Waals surface area contributed by atoms with Gasteiger partial charge in [-0.15, -0.1) is 0 Å². The van der Waals surface area contributed by atoms with Gasteiger partial charge in [-0.25, -0.2) is 4.98 Å². The summed E-state index contributed by atoms with van der Waals surface area (Å²) < 4.78 is 11.4. The molecule has 0 aliphatic heterocycles. The molecule has 134 valence electrons. The minimum Gasteiger partial charge on any atom is -0.549 e. The zero-order valence-corrected chi connectivity index (χ0v) is 18.3. The number of rotatable bonds is 10. The molecule has 1 aromatic carbocycles. The number of carboxylic acid groups (broad SMARTS) is 1. The topological polar surface area (TPSA) is 75.4 Å². The van der Waals surface area contributed by atoms with Gasteiger partial charge in [-0.05, 0) is 26.0 Å². The van der Waals surface area contributed by atoms with E-state index in [0.717, 1.165) is 22.6 Å². The van der Waals surface area contributed by atoms with Gasteiger partial charge >= 0.3 is 29.6 Å². The summed E-state index contributed by atoms with van der Waals surface area (Å²) >= 11 is 1.31. The van der Waals surface area contributed by atoms with E-state index in [2.05, 4.69) is 4.98 Å². The van der Waals surface area contributed by atoms with Gasteiger partial charge in [0.05, 0.1) is 24.9 Å². The van der Waals surface area contributed by atoms with Crippen molar-refractivity contribution in [2.24, 2.45) is 0 Å². The van der Waals surface area contributed by atoms with Crippen LogP contribution in [0.3, 0.4) is 0 Å². The van der Waals surface area contributed by atoms with Crippen molar-refractivity contribution in [1.29, 1.82) is 0 Å². The van der Waals surface area contributed by atoms with E-state index in [-0.39, 0.29) is 35.3 Å². The molecule has 0 fully saturated rings. The van der Waals surface area contributed by atoms with E-state index in [1.165, 1.54) is 11.8 Å². The SMILES string of the molecule is C/C(=C\CSCC(=O)[O-])COCCc1nc(-c2ccccc2)oc1C.[Na+]. The summed E-state index contributed by atoms with van der Waals surface area (Å²) in [4.78, 5) is 14.9. The summed E-state index contributed by atoms with van der Waals surface area (Å²) in [5, 5.41) is 10.3. The standard InChI is InChI=1S/C19H23NO4S.Na/c1-14(9-11-25-13-18(21)22)12-23-10-8-17-15(2)24-19(20-17)16-6-4-3-5-7-16;/h3-7,9H,8,10-13H2,1-2H3,(H,21,22);/q;+1/p-1/b14-9+;. The molecule has 1 heterocycles. The van der Waals surface area contributed by atoms with Crippen molar-refractivity contribution in [3.63, 3.8) is 0 Å². The molecule has 0 saturated heterocycles. The number of hydrogen-bond donors (Lipinski definition) is 0. The second-order valence-corrected chi connectivity index (χ2v) is 6.66. The average Bonchev–Trinajstić information content (AvgIpc) is 2.97. The van der Waals surface area contributed by atoms with E-state index < -0.39 is 5.97 Å². The van der Waals surface area contributed by atoms with Crippen LogP contribution in [0.25, 0.3) is 11.5 Å². The fraction of sp³-hybridized carbons (Fsp3) is 0.368. The third-order valence-electron chi connectivity index (χ3n) is 3.50. The first-order valence-corrected chi connectivity index (χ1v) is 9.24. The Balaban J connectivity index is 0.00000338. The number of nitrogens with zero attached hydrogens (tertiary/aromatic N) is 1. The third-order valence-corrected chi connectivity index (χ3v) is 4.34. The van der Waals surface area contributed by atoms with Crippen molar-refractivity contribution in [2.75, 3.05) is 24.7 Å². The molecule has 7 heteroatoms. The Morgan fingerprint density at radius 2 is 2.08 bits per heavy atom. The monoisotopic (exact) mass is 383 g/mol. The molecule has 0 atom stereocenters. The first kappa shape index (κ1) is 23.0. The maximum absolute atomic E-state index is 10.3. The molecule has 2 aromatic rings. The quantitative estimate of drug-likeness (QED) is 0.317. The Hall–Kier alpha value is -1.05. The summed E-state index contributed by atoms with van der Waals surface area (Å²) in [7, 11) is 0. The van der Waals surface area contributed by atoms with Crippen LogP contribution in [0.2, 0.25) is 0 Å². The number of thioether (sulfide) groups is 1. The summed E-state index contributed by atoms with van der Waals surface area (Å²) in [6.45, 7) is 4.95. The molecular weight excluding hydrogens is 361 g/mol. The first-order valence-electron chi connectivity index (χ1n) is 8.09. The number of aliphatic carboxylic acids is 1. The zero-order valence-electron chi connectivity index (χ0n) is 15.5. The Morgan fingerprint density at radius 3 is 2.77 bits per heavy atom. The number of carboxylic acids is 1. The van der Waals surface area contributed by atoms with E-state index in [0.29, 0.717) is 31.3 Å². The van der Waals surface area contributed by atoms with Gasteiger partial charge in [0.2, 0.25) is 5.89 Å². The second kappa shape index (κ2) is 12.4. The van der Waals surface area contributed by atoms with Crippen molar-refractivity contribution in [3.8, 4) is 11.5 Å². The molecule has 0 unspecified atom stereocenters. The summed E-state index contributed by atoms with van der Waals surface area (Å²) in [5.74, 6) is 1.07. The second-order valence-electron chi connectivity index (χ2n) is 5.63. The fourth-order valence-corrected chi connectivity index (χ4v) is 2.86. The average molecular weight is 383 g/mol. The van der Waals surface area contributed by atoms with Crippen LogP contribution >= 0.6 is 11.8 Å². The summed E-state index contributed by atoms with van der Waals surface area (Å²) in [6, 6.07) is 9.81. The van der Waals surface area contributed by atoms with Crippen molar-refractivity contribution in [2.45, 2.75) is 20.3 Å². The normalized spacial score (nSPS) is 11.2. The van der Waals surface area contributed by atoms with Crippen LogP contribution in [0.5, 0.6) is 0 Å². The van der Waals surface area contributed by atoms with Crippen molar-refractivity contribution in [3.05, 3.63) is 53.4 Å². The number of benzene rings is 1. The predicted molar refractivity (Wildman–Crippen MR) is 97.3 cm³/mol. The minimum atomic E-state index is -1.04. The summed E-state index contributed by atoms with van der Waals surface area (Å²) in [6.07, 6.45) is 2.66. The van der Waals surface area contributed by atoms with E-state index in [1.54, 1.807) is 0 Å². The maximum Gasteiger partial charge on any atom is 1.00 e. The van der Waals surface area contributed by atoms with E-state index in [1.807, 2.05) is 50.3 Å². The fourth-order valence-electron chi connectivity index (χ4n) is 2.17. The number of hydrogen-bond acceptors (Lipinski definition) is 6. The molecule has 0 bridgehead atoms.